The Bertz CT molecular complexity index is 2870. The Morgan fingerprint density at radius 1 is 0.302 bits per heavy atom. The van der Waals surface area contributed by atoms with Crippen LogP contribution in [0.3, 0.4) is 0 Å². The number of hydrogen-bond acceptors (Lipinski definition) is 3. The lowest BCUT2D eigenvalue weighted by Crippen LogP contribution is -1.96. The first kappa shape index (κ1) is 30.7. The first-order valence-electron chi connectivity index (χ1n) is 17.9. The molecule has 2 aromatic heterocycles. The standard InChI is InChI=1S/C50H32N2O/c1-4-13-33(14-5-1)37-20-12-21-38(27-37)40-28-41(39-24-25-47-44(31-39)49-43-22-11-10-15-34(43)23-26-48(49)53-47)30-42(29-40)46-32-45(35-16-6-2-7-17-35)51-50(52-46)36-18-8-3-9-19-36/h1-32H. The van der Waals surface area contributed by atoms with Crippen molar-refractivity contribution in [2.45, 2.75) is 0 Å². The highest BCUT2D eigenvalue weighted by atomic mass is 16.3. The molecule has 10 rings (SSSR count). The van der Waals surface area contributed by atoms with Gasteiger partial charge in [-0.3, -0.25) is 0 Å². The van der Waals surface area contributed by atoms with Crippen LogP contribution >= 0.6 is 0 Å². The van der Waals surface area contributed by atoms with Crippen LogP contribution in [0.2, 0.25) is 0 Å². The summed E-state index contributed by atoms with van der Waals surface area (Å²) in [6.07, 6.45) is 0. The summed E-state index contributed by atoms with van der Waals surface area (Å²) in [5.41, 5.74) is 13.4. The lowest BCUT2D eigenvalue weighted by molar-refractivity contribution is 0.669. The van der Waals surface area contributed by atoms with E-state index in [1.54, 1.807) is 0 Å². The summed E-state index contributed by atoms with van der Waals surface area (Å²) >= 11 is 0. The van der Waals surface area contributed by atoms with Gasteiger partial charge in [-0.15, -0.1) is 0 Å². The minimum atomic E-state index is 0.693. The molecule has 3 heteroatoms. The molecule has 10 aromatic rings. The molecule has 0 aliphatic carbocycles. The first-order chi connectivity index (χ1) is 26.2. The maximum atomic E-state index is 6.39. The topological polar surface area (TPSA) is 38.9 Å². The third kappa shape index (κ3) is 5.75. The zero-order valence-corrected chi connectivity index (χ0v) is 28.8. The molecule has 2 heterocycles. The molecule has 0 spiro atoms. The normalized spacial score (nSPS) is 11.4. The molecule has 0 saturated heterocycles. The van der Waals surface area contributed by atoms with Crippen molar-refractivity contribution >= 4 is 32.7 Å². The van der Waals surface area contributed by atoms with Crippen molar-refractivity contribution in [2.75, 3.05) is 0 Å². The molecular formula is C50H32N2O. The molecular weight excluding hydrogens is 645 g/mol. The van der Waals surface area contributed by atoms with Gasteiger partial charge >= 0.3 is 0 Å². The molecule has 3 nitrogen and oxygen atoms in total. The van der Waals surface area contributed by atoms with Crippen molar-refractivity contribution in [2.24, 2.45) is 0 Å². The zero-order chi connectivity index (χ0) is 35.1. The molecule has 0 amide bonds. The van der Waals surface area contributed by atoms with Crippen LogP contribution in [0.15, 0.2) is 199 Å². The molecule has 248 valence electrons. The average molecular weight is 677 g/mol. The quantitative estimate of drug-likeness (QED) is 0.176. The predicted octanol–water partition coefficient (Wildman–Crippen LogP) is 13.5. The van der Waals surface area contributed by atoms with Crippen LogP contribution < -0.4 is 0 Å². The Labute approximate surface area is 307 Å². The van der Waals surface area contributed by atoms with E-state index >= 15 is 0 Å². The van der Waals surface area contributed by atoms with E-state index in [0.29, 0.717) is 5.82 Å². The van der Waals surface area contributed by atoms with E-state index in [9.17, 15) is 0 Å². The second-order valence-corrected chi connectivity index (χ2v) is 13.4. The summed E-state index contributed by atoms with van der Waals surface area (Å²) < 4.78 is 6.39. The van der Waals surface area contributed by atoms with E-state index in [1.165, 1.54) is 21.9 Å². The molecule has 0 fully saturated rings. The fourth-order valence-electron chi connectivity index (χ4n) is 7.41. The van der Waals surface area contributed by atoms with Crippen LogP contribution in [0.1, 0.15) is 0 Å². The van der Waals surface area contributed by atoms with E-state index in [1.807, 2.05) is 24.3 Å². The Morgan fingerprint density at radius 2 is 0.830 bits per heavy atom. The highest BCUT2D eigenvalue weighted by molar-refractivity contribution is 6.19. The van der Waals surface area contributed by atoms with Crippen molar-refractivity contribution in [3.63, 3.8) is 0 Å². The van der Waals surface area contributed by atoms with Gasteiger partial charge in [-0.1, -0.05) is 146 Å². The van der Waals surface area contributed by atoms with E-state index in [0.717, 1.165) is 72.3 Å². The maximum Gasteiger partial charge on any atom is 0.160 e. The van der Waals surface area contributed by atoms with Gasteiger partial charge in [0.2, 0.25) is 0 Å². The maximum absolute atomic E-state index is 6.39. The highest BCUT2D eigenvalue weighted by Gasteiger charge is 2.16. The summed E-state index contributed by atoms with van der Waals surface area (Å²) in [7, 11) is 0. The third-order valence-electron chi connectivity index (χ3n) is 10.1. The summed E-state index contributed by atoms with van der Waals surface area (Å²) in [6, 6.07) is 68.1. The number of rotatable bonds is 6. The summed E-state index contributed by atoms with van der Waals surface area (Å²) in [5, 5.41) is 4.63. The molecule has 53 heavy (non-hydrogen) atoms. The zero-order valence-electron chi connectivity index (χ0n) is 28.8. The van der Waals surface area contributed by atoms with Gasteiger partial charge in [0.25, 0.3) is 0 Å². The summed E-state index contributed by atoms with van der Waals surface area (Å²) in [5.74, 6) is 0.693. The number of fused-ring (bicyclic) bond motifs is 5. The molecule has 0 bridgehead atoms. The predicted molar refractivity (Wildman–Crippen MR) is 219 cm³/mol. The van der Waals surface area contributed by atoms with Crippen LogP contribution in [0, 0.1) is 0 Å². The monoisotopic (exact) mass is 676 g/mol. The molecule has 0 aliphatic heterocycles. The molecule has 0 radical (unpaired) electrons. The lowest BCUT2D eigenvalue weighted by atomic mass is 9.92. The molecule has 0 unspecified atom stereocenters. The van der Waals surface area contributed by atoms with E-state index in [4.69, 9.17) is 14.4 Å². The fourth-order valence-corrected chi connectivity index (χ4v) is 7.41. The average Bonchev–Trinajstić information content (AvgIpc) is 3.63. The number of hydrogen-bond donors (Lipinski definition) is 0. The van der Waals surface area contributed by atoms with Crippen molar-refractivity contribution in [1.82, 2.24) is 9.97 Å². The Morgan fingerprint density at radius 3 is 1.57 bits per heavy atom. The van der Waals surface area contributed by atoms with Crippen LogP contribution in [0.4, 0.5) is 0 Å². The van der Waals surface area contributed by atoms with Gasteiger partial charge in [0.05, 0.1) is 11.4 Å². The van der Waals surface area contributed by atoms with Gasteiger partial charge in [-0.25, -0.2) is 9.97 Å². The van der Waals surface area contributed by atoms with Gasteiger partial charge in [0.15, 0.2) is 5.82 Å². The van der Waals surface area contributed by atoms with Gasteiger partial charge in [0, 0.05) is 27.5 Å². The van der Waals surface area contributed by atoms with E-state index in [2.05, 4.69) is 170 Å². The second-order valence-electron chi connectivity index (χ2n) is 13.4. The van der Waals surface area contributed by atoms with Crippen molar-refractivity contribution in [1.29, 1.82) is 0 Å². The molecule has 8 aromatic carbocycles. The molecule has 0 aliphatic rings. The molecule has 0 N–H and O–H groups in total. The van der Waals surface area contributed by atoms with Crippen molar-refractivity contribution < 1.29 is 4.42 Å². The minimum absolute atomic E-state index is 0.693. The highest BCUT2D eigenvalue weighted by Crippen LogP contribution is 2.40. The van der Waals surface area contributed by atoms with Gasteiger partial charge in [-0.05, 0) is 92.7 Å². The Balaban J connectivity index is 1.21. The van der Waals surface area contributed by atoms with Crippen LogP contribution in [0.25, 0.3) is 100.0 Å². The van der Waals surface area contributed by atoms with Crippen LogP contribution in [-0.2, 0) is 0 Å². The van der Waals surface area contributed by atoms with Crippen molar-refractivity contribution in [3.05, 3.63) is 194 Å². The van der Waals surface area contributed by atoms with E-state index in [-0.39, 0.29) is 0 Å². The number of aromatic nitrogens is 2. The molecule has 0 saturated carbocycles. The number of benzene rings is 8. The fraction of sp³-hybridized carbons (Fsp3) is 0. The number of furan rings is 1. The molecule has 0 atom stereocenters. The van der Waals surface area contributed by atoms with Gasteiger partial charge < -0.3 is 4.42 Å². The Hall–Kier alpha value is -7.10. The second kappa shape index (κ2) is 12.9. The third-order valence-corrected chi connectivity index (χ3v) is 10.1. The van der Waals surface area contributed by atoms with Gasteiger partial charge in [-0.2, -0.15) is 0 Å². The van der Waals surface area contributed by atoms with Crippen LogP contribution in [0.5, 0.6) is 0 Å². The van der Waals surface area contributed by atoms with Crippen LogP contribution in [-0.4, -0.2) is 9.97 Å². The minimum Gasteiger partial charge on any atom is -0.456 e. The van der Waals surface area contributed by atoms with Crippen molar-refractivity contribution in [3.8, 4) is 67.3 Å². The number of nitrogens with zero attached hydrogens (tertiary/aromatic N) is 2. The Kier molecular flexibility index (Phi) is 7.47. The largest absolute Gasteiger partial charge is 0.456 e. The smallest absolute Gasteiger partial charge is 0.160 e. The summed E-state index contributed by atoms with van der Waals surface area (Å²) in [6.45, 7) is 0. The summed E-state index contributed by atoms with van der Waals surface area (Å²) in [4.78, 5) is 10.3. The van der Waals surface area contributed by atoms with E-state index < -0.39 is 0 Å². The SMILES string of the molecule is c1ccc(-c2cccc(-c3cc(-c4ccc5oc6ccc7ccccc7c6c5c4)cc(-c4cc(-c5ccccc5)nc(-c5ccccc5)n4)c3)c2)cc1. The van der Waals surface area contributed by atoms with Gasteiger partial charge in [0.1, 0.15) is 11.2 Å². The first-order valence-corrected chi connectivity index (χ1v) is 17.9. The lowest BCUT2D eigenvalue weighted by Gasteiger charge is -2.14.